The maximum atomic E-state index is 6.23. The molecule has 0 aliphatic rings. The molecule has 0 fully saturated rings. The largest absolute Gasteiger partial charge is 0.493 e. The SMILES string of the molecule is CCCCCCCCCCCCOc1cc(C=CC(=S)c2ccccc2)ccc1CCC. The molecule has 0 amide bonds. The number of rotatable bonds is 17. The summed E-state index contributed by atoms with van der Waals surface area (Å²) < 4.78 is 6.23. The first-order valence-corrected chi connectivity index (χ1v) is 13.2. The summed E-state index contributed by atoms with van der Waals surface area (Å²) in [6.45, 7) is 5.31. The van der Waals surface area contributed by atoms with Crippen molar-refractivity contribution in [2.45, 2.75) is 90.9 Å². The predicted octanol–water partition coefficient (Wildman–Crippen LogP) is 9.37. The van der Waals surface area contributed by atoms with E-state index in [2.05, 4.69) is 50.3 Å². The average Bonchev–Trinajstić information content (AvgIpc) is 2.83. The molecular weight excluding hydrogens is 408 g/mol. The quantitative estimate of drug-likeness (QED) is 0.103. The molecule has 1 nitrogen and oxygen atoms in total. The lowest BCUT2D eigenvalue weighted by Crippen LogP contribution is -2.01. The predicted molar refractivity (Wildman–Crippen MR) is 145 cm³/mol. The summed E-state index contributed by atoms with van der Waals surface area (Å²) in [5, 5.41) is 0. The zero-order valence-electron chi connectivity index (χ0n) is 20.3. The molecule has 2 aromatic rings. The summed E-state index contributed by atoms with van der Waals surface area (Å²) >= 11 is 5.56. The number of hydrogen-bond donors (Lipinski definition) is 0. The van der Waals surface area contributed by atoms with Gasteiger partial charge in [-0.3, -0.25) is 0 Å². The van der Waals surface area contributed by atoms with Crippen LogP contribution in [-0.4, -0.2) is 11.5 Å². The lowest BCUT2D eigenvalue weighted by Gasteiger charge is -2.12. The molecule has 0 N–H and O–H groups in total. The normalized spacial score (nSPS) is 11.2. The van der Waals surface area contributed by atoms with Gasteiger partial charge in [0, 0.05) is 4.86 Å². The van der Waals surface area contributed by atoms with Crippen LogP contribution in [0.2, 0.25) is 0 Å². The van der Waals surface area contributed by atoms with Gasteiger partial charge in [0.05, 0.1) is 6.61 Å². The molecule has 2 heteroatoms. The third kappa shape index (κ3) is 10.6. The van der Waals surface area contributed by atoms with Crippen LogP contribution in [-0.2, 0) is 6.42 Å². The van der Waals surface area contributed by atoms with Gasteiger partial charge in [0.15, 0.2) is 0 Å². The molecule has 0 aromatic heterocycles. The van der Waals surface area contributed by atoms with E-state index in [1.54, 1.807) is 0 Å². The van der Waals surface area contributed by atoms with Crippen molar-refractivity contribution in [2.24, 2.45) is 0 Å². The Hall–Kier alpha value is -1.93. The van der Waals surface area contributed by atoms with E-state index in [-0.39, 0.29) is 0 Å². The van der Waals surface area contributed by atoms with Crippen LogP contribution < -0.4 is 4.74 Å². The van der Waals surface area contributed by atoms with E-state index >= 15 is 0 Å². The van der Waals surface area contributed by atoms with Crippen LogP contribution in [0.15, 0.2) is 54.6 Å². The van der Waals surface area contributed by atoms with Gasteiger partial charge in [-0.05, 0) is 41.7 Å². The minimum absolute atomic E-state index is 0.808. The standard InChI is InChI=1S/C30H42OS/c1-3-5-6-7-8-9-10-11-12-16-24-31-29-25-26(20-22-27(29)17-4-2)21-23-30(32)28-18-14-13-15-19-28/h13-15,18-23,25H,3-12,16-17,24H2,1-2H3. The lowest BCUT2D eigenvalue weighted by atomic mass is 10.0. The Morgan fingerprint density at radius 2 is 1.44 bits per heavy atom. The highest BCUT2D eigenvalue weighted by atomic mass is 32.1. The molecular formula is C30H42OS. The summed E-state index contributed by atoms with van der Waals surface area (Å²) in [5.41, 5.74) is 3.53. The second-order valence-corrected chi connectivity index (χ2v) is 9.15. The molecule has 2 aromatic carbocycles. The van der Waals surface area contributed by atoms with Gasteiger partial charge in [0.1, 0.15) is 5.75 Å². The Morgan fingerprint density at radius 3 is 2.09 bits per heavy atom. The molecule has 174 valence electrons. The van der Waals surface area contributed by atoms with Crippen molar-refractivity contribution < 1.29 is 4.74 Å². The van der Waals surface area contributed by atoms with Crippen LogP contribution in [0.4, 0.5) is 0 Å². The molecule has 0 atom stereocenters. The lowest BCUT2D eigenvalue weighted by molar-refractivity contribution is 0.301. The van der Waals surface area contributed by atoms with Gasteiger partial charge in [0.2, 0.25) is 0 Å². The number of aryl methyl sites for hydroxylation is 1. The fourth-order valence-electron chi connectivity index (χ4n) is 3.93. The minimum atomic E-state index is 0.808. The Balaban J connectivity index is 1.77. The van der Waals surface area contributed by atoms with E-state index in [0.29, 0.717) is 0 Å². The van der Waals surface area contributed by atoms with E-state index in [4.69, 9.17) is 17.0 Å². The third-order valence-corrected chi connectivity index (χ3v) is 6.22. The van der Waals surface area contributed by atoms with Crippen LogP contribution in [0.1, 0.15) is 101 Å². The van der Waals surface area contributed by atoms with Crippen molar-refractivity contribution in [3.05, 3.63) is 71.3 Å². The molecule has 32 heavy (non-hydrogen) atoms. The maximum Gasteiger partial charge on any atom is 0.123 e. The summed E-state index contributed by atoms with van der Waals surface area (Å²) in [6.07, 6.45) is 19.8. The smallest absolute Gasteiger partial charge is 0.123 e. The number of hydrogen-bond acceptors (Lipinski definition) is 2. The van der Waals surface area contributed by atoms with Crippen molar-refractivity contribution in [2.75, 3.05) is 6.61 Å². The molecule has 0 aliphatic heterocycles. The number of benzene rings is 2. The number of unbranched alkanes of at least 4 members (excludes halogenated alkanes) is 9. The number of ether oxygens (including phenoxy) is 1. The molecule has 0 unspecified atom stereocenters. The Kier molecular flexibility index (Phi) is 13.7. The topological polar surface area (TPSA) is 9.23 Å². The first kappa shape index (κ1) is 26.3. The highest BCUT2D eigenvalue weighted by Gasteiger charge is 2.05. The zero-order chi connectivity index (χ0) is 22.9. The van der Waals surface area contributed by atoms with E-state index < -0.39 is 0 Å². The molecule has 0 saturated heterocycles. The van der Waals surface area contributed by atoms with Crippen molar-refractivity contribution >= 4 is 23.2 Å². The monoisotopic (exact) mass is 450 g/mol. The zero-order valence-corrected chi connectivity index (χ0v) is 21.1. The van der Waals surface area contributed by atoms with Gasteiger partial charge in [-0.15, -0.1) is 0 Å². The van der Waals surface area contributed by atoms with Gasteiger partial charge >= 0.3 is 0 Å². The molecule has 2 rings (SSSR count). The molecule has 0 aliphatic carbocycles. The van der Waals surface area contributed by atoms with Crippen LogP contribution in [0.25, 0.3) is 6.08 Å². The van der Waals surface area contributed by atoms with E-state index in [1.165, 1.54) is 63.4 Å². The maximum absolute atomic E-state index is 6.23. The summed E-state index contributed by atoms with van der Waals surface area (Å²) in [7, 11) is 0. The molecule has 0 spiro atoms. The van der Waals surface area contributed by atoms with Crippen LogP contribution in [0.3, 0.4) is 0 Å². The fourth-order valence-corrected chi connectivity index (χ4v) is 4.13. The molecule has 0 bridgehead atoms. The molecule has 0 heterocycles. The van der Waals surface area contributed by atoms with Crippen molar-refractivity contribution in [1.29, 1.82) is 0 Å². The number of thiocarbonyl (C=S) groups is 1. The van der Waals surface area contributed by atoms with Crippen LogP contribution in [0.5, 0.6) is 5.75 Å². The highest BCUT2D eigenvalue weighted by Crippen LogP contribution is 2.24. The van der Waals surface area contributed by atoms with Crippen molar-refractivity contribution in [3.63, 3.8) is 0 Å². The Labute approximate surface area is 202 Å². The first-order valence-electron chi connectivity index (χ1n) is 12.8. The fraction of sp³-hybridized carbons (Fsp3) is 0.500. The highest BCUT2D eigenvalue weighted by molar-refractivity contribution is 7.81. The molecule has 0 radical (unpaired) electrons. The summed E-state index contributed by atoms with van der Waals surface area (Å²) in [4.78, 5) is 0.857. The van der Waals surface area contributed by atoms with E-state index in [1.807, 2.05) is 24.3 Å². The first-order chi connectivity index (χ1) is 15.7. The second kappa shape index (κ2) is 16.7. The molecule has 0 saturated carbocycles. The average molecular weight is 451 g/mol. The Morgan fingerprint density at radius 1 is 0.781 bits per heavy atom. The Bertz CT molecular complexity index is 794. The van der Waals surface area contributed by atoms with Gasteiger partial charge < -0.3 is 4.74 Å². The van der Waals surface area contributed by atoms with Crippen LogP contribution >= 0.6 is 12.2 Å². The third-order valence-electron chi connectivity index (χ3n) is 5.85. The summed E-state index contributed by atoms with van der Waals surface area (Å²) in [5.74, 6) is 1.04. The number of allylic oxidation sites excluding steroid dienone is 1. The van der Waals surface area contributed by atoms with Gasteiger partial charge in [-0.1, -0.05) is 139 Å². The van der Waals surface area contributed by atoms with Gasteiger partial charge in [-0.2, -0.15) is 0 Å². The second-order valence-electron chi connectivity index (χ2n) is 8.71. The van der Waals surface area contributed by atoms with E-state index in [9.17, 15) is 0 Å². The van der Waals surface area contributed by atoms with Crippen molar-refractivity contribution in [3.8, 4) is 5.75 Å². The van der Waals surface area contributed by atoms with Crippen LogP contribution in [0, 0.1) is 0 Å². The summed E-state index contributed by atoms with van der Waals surface area (Å²) in [6, 6.07) is 16.7. The van der Waals surface area contributed by atoms with Crippen molar-refractivity contribution in [1.82, 2.24) is 0 Å². The van der Waals surface area contributed by atoms with E-state index in [0.717, 1.165) is 47.6 Å². The minimum Gasteiger partial charge on any atom is -0.493 e. The van der Waals surface area contributed by atoms with Gasteiger partial charge in [0.25, 0.3) is 0 Å². The van der Waals surface area contributed by atoms with Gasteiger partial charge in [-0.25, -0.2) is 0 Å².